The third-order valence-electron chi connectivity index (χ3n) is 4.13. The molecule has 0 radical (unpaired) electrons. The second-order valence-corrected chi connectivity index (χ2v) is 7.15. The predicted molar refractivity (Wildman–Crippen MR) is 109 cm³/mol. The topological polar surface area (TPSA) is 122 Å². The van der Waals surface area contributed by atoms with Gasteiger partial charge in [0.25, 0.3) is 0 Å². The number of nitrogens with zero attached hydrogens (tertiary/aromatic N) is 3. The first kappa shape index (κ1) is 22.9. The zero-order chi connectivity index (χ0) is 23.6. The van der Waals surface area contributed by atoms with E-state index in [-0.39, 0.29) is 28.6 Å². The molecule has 0 bridgehead atoms. The summed E-state index contributed by atoms with van der Waals surface area (Å²) in [7, 11) is 0. The van der Waals surface area contributed by atoms with Gasteiger partial charge < -0.3 is 9.26 Å². The Hall–Kier alpha value is -3.74. The zero-order valence-corrected chi connectivity index (χ0v) is 17.5. The van der Waals surface area contributed by atoms with Crippen molar-refractivity contribution in [1.29, 1.82) is 0 Å². The molecule has 0 saturated carbocycles. The van der Waals surface area contributed by atoms with Gasteiger partial charge in [-0.1, -0.05) is 17.3 Å². The van der Waals surface area contributed by atoms with Crippen molar-refractivity contribution in [2.75, 3.05) is 0 Å². The van der Waals surface area contributed by atoms with Gasteiger partial charge in [-0.15, -0.1) is 0 Å². The molecule has 0 unspecified atom stereocenters. The quantitative estimate of drug-likeness (QED) is 0.270. The van der Waals surface area contributed by atoms with Gasteiger partial charge in [0, 0.05) is 6.07 Å². The molecule has 32 heavy (non-hydrogen) atoms. The fourth-order valence-electron chi connectivity index (χ4n) is 2.63. The molecule has 0 fully saturated rings. The highest BCUT2D eigenvalue weighted by Gasteiger charge is 2.33. The number of aryl methyl sites for hydroxylation is 1. The fourth-order valence-corrected chi connectivity index (χ4v) is 3.11. The minimum Gasteiger partial charge on any atom is -0.449 e. The van der Waals surface area contributed by atoms with Gasteiger partial charge in [-0.25, -0.2) is 0 Å². The van der Waals surface area contributed by atoms with Crippen LogP contribution in [0, 0.1) is 27.2 Å². The summed E-state index contributed by atoms with van der Waals surface area (Å²) in [6.45, 7) is 1.43. The third kappa shape index (κ3) is 4.94. The van der Waals surface area contributed by atoms with Gasteiger partial charge in [0.2, 0.25) is 11.5 Å². The lowest BCUT2D eigenvalue weighted by atomic mass is 10.1. The minimum absolute atomic E-state index is 0.0515. The SMILES string of the molecule is Cc1noc(/C=C\c2ccc(Oc3ccc(C(F)(F)F)cc3[N+](=O)[O-])c(Br)c2)c1[N+](=O)[O-]. The maximum Gasteiger partial charge on any atom is 0.416 e. The van der Waals surface area contributed by atoms with Crippen molar-refractivity contribution in [3.63, 3.8) is 0 Å². The van der Waals surface area contributed by atoms with Crippen molar-refractivity contribution in [2.24, 2.45) is 0 Å². The van der Waals surface area contributed by atoms with Gasteiger partial charge in [0.05, 0.1) is 19.9 Å². The summed E-state index contributed by atoms with van der Waals surface area (Å²) < 4.78 is 49.2. The van der Waals surface area contributed by atoms with Gasteiger partial charge in [0.15, 0.2) is 5.69 Å². The number of halogens is 4. The Bertz CT molecular complexity index is 1240. The number of ether oxygens (including phenoxy) is 1. The summed E-state index contributed by atoms with van der Waals surface area (Å²) >= 11 is 3.23. The van der Waals surface area contributed by atoms with Crippen LogP contribution in [0.4, 0.5) is 24.5 Å². The smallest absolute Gasteiger partial charge is 0.416 e. The number of hydrogen-bond acceptors (Lipinski definition) is 7. The third-order valence-corrected chi connectivity index (χ3v) is 4.75. The van der Waals surface area contributed by atoms with E-state index in [4.69, 9.17) is 9.26 Å². The van der Waals surface area contributed by atoms with Crippen LogP contribution < -0.4 is 4.74 Å². The van der Waals surface area contributed by atoms with Crippen LogP contribution in [-0.2, 0) is 6.18 Å². The van der Waals surface area contributed by atoms with Crippen LogP contribution >= 0.6 is 15.9 Å². The number of hydrogen-bond donors (Lipinski definition) is 0. The summed E-state index contributed by atoms with van der Waals surface area (Å²) in [6, 6.07) is 6.43. The molecule has 1 heterocycles. The van der Waals surface area contributed by atoms with Crippen LogP contribution in [0.1, 0.15) is 22.6 Å². The summed E-state index contributed by atoms with van der Waals surface area (Å²) in [6.07, 6.45) is -1.89. The first-order valence-corrected chi connectivity index (χ1v) is 9.38. The molecule has 0 aliphatic rings. The number of aromatic nitrogens is 1. The Kier molecular flexibility index (Phi) is 6.30. The van der Waals surface area contributed by atoms with Crippen LogP contribution in [0.2, 0.25) is 0 Å². The first-order valence-electron chi connectivity index (χ1n) is 8.59. The Morgan fingerprint density at radius 3 is 2.34 bits per heavy atom. The van der Waals surface area contributed by atoms with E-state index in [1.807, 2.05) is 0 Å². The van der Waals surface area contributed by atoms with Crippen molar-refractivity contribution >= 4 is 39.5 Å². The monoisotopic (exact) mass is 513 g/mol. The average molecular weight is 514 g/mol. The van der Waals surface area contributed by atoms with Crippen LogP contribution in [0.3, 0.4) is 0 Å². The number of nitro benzene ring substituents is 1. The van der Waals surface area contributed by atoms with Crippen LogP contribution in [0.5, 0.6) is 11.5 Å². The molecule has 0 saturated heterocycles. The molecule has 3 rings (SSSR count). The standard InChI is InChI=1S/C19H11BrF3N3O6/c1-10-18(26(29)30)17(32-24-10)6-3-11-2-5-15(13(20)8-11)31-16-7-4-12(19(21,22)23)9-14(16)25(27)28/h2-9H,1H3/b6-3-. The van der Waals surface area contributed by atoms with E-state index >= 15 is 0 Å². The number of benzene rings is 2. The first-order chi connectivity index (χ1) is 15.0. The molecule has 0 aliphatic heterocycles. The lowest BCUT2D eigenvalue weighted by molar-refractivity contribution is -0.386. The van der Waals surface area contributed by atoms with Gasteiger partial charge in [-0.3, -0.25) is 20.2 Å². The Labute approximate surface area is 185 Å². The molecule has 0 spiro atoms. The molecular weight excluding hydrogens is 503 g/mol. The van der Waals surface area contributed by atoms with Crippen molar-refractivity contribution in [3.8, 4) is 11.5 Å². The van der Waals surface area contributed by atoms with Crippen molar-refractivity contribution in [1.82, 2.24) is 5.16 Å². The average Bonchev–Trinajstić information content (AvgIpc) is 3.08. The summed E-state index contributed by atoms with van der Waals surface area (Å²) in [5.41, 5.74) is -1.61. The van der Waals surface area contributed by atoms with Crippen molar-refractivity contribution in [3.05, 3.63) is 83.7 Å². The Morgan fingerprint density at radius 2 is 1.75 bits per heavy atom. The molecule has 9 nitrogen and oxygen atoms in total. The maximum atomic E-state index is 12.8. The number of rotatable bonds is 6. The van der Waals surface area contributed by atoms with E-state index in [2.05, 4.69) is 21.1 Å². The summed E-state index contributed by atoms with van der Waals surface area (Å²) in [4.78, 5) is 20.7. The molecule has 2 aromatic carbocycles. The predicted octanol–water partition coefficient (Wildman–Crippen LogP) is 6.54. The van der Waals surface area contributed by atoms with Crippen LogP contribution in [-0.4, -0.2) is 15.0 Å². The highest BCUT2D eigenvalue weighted by atomic mass is 79.9. The van der Waals surface area contributed by atoms with Gasteiger partial charge in [-0.05, 0) is 58.8 Å². The number of nitro groups is 2. The zero-order valence-electron chi connectivity index (χ0n) is 15.9. The van der Waals surface area contributed by atoms with Gasteiger partial charge in [-0.2, -0.15) is 13.2 Å². The fraction of sp³-hybridized carbons (Fsp3) is 0.105. The molecule has 0 amide bonds. The number of alkyl halides is 3. The second kappa shape index (κ2) is 8.78. The van der Waals surface area contributed by atoms with E-state index in [0.717, 1.165) is 6.07 Å². The second-order valence-electron chi connectivity index (χ2n) is 6.30. The lowest BCUT2D eigenvalue weighted by Crippen LogP contribution is -2.06. The largest absolute Gasteiger partial charge is 0.449 e. The van der Waals surface area contributed by atoms with E-state index in [0.29, 0.717) is 22.2 Å². The van der Waals surface area contributed by atoms with E-state index < -0.39 is 27.3 Å². The molecule has 166 valence electrons. The highest BCUT2D eigenvalue weighted by molar-refractivity contribution is 9.10. The maximum absolute atomic E-state index is 12.8. The van der Waals surface area contributed by atoms with Crippen LogP contribution in [0.15, 0.2) is 45.4 Å². The summed E-state index contributed by atoms with van der Waals surface area (Å²) in [5, 5.41) is 25.8. The lowest BCUT2D eigenvalue weighted by Gasteiger charge is -2.11. The normalized spacial score (nSPS) is 11.7. The van der Waals surface area contributed by atoms with Gasteiger partial charge >= 0.3 is 17.6 Å². The molecule has 0 N–H and O–H groups in total. The minimum atomic E-state index is -4.74. The molecule has 0 aliphatic carbocycles. The molecular formula is C19H11BrF3N3O6. The van der Waals surface area contributed by atoms with Gasteiger partial charge in [0.1, 0.15) is 5.75 Å². The van der Waals surface area contributed by atoms with E-state index in [1.165, 1.54) is 37.3 Å². The summed E-state index contributed by atoms with van der Waals surface area (Å²) in [5.74, 6) is -0.324. The molecule has 3 aromatic rings. The molecule has 13 heteroatoms. The Balaban J connectivity index is 1.87. The van der Waals surface area contributed by atoms with Crippen LogP contribution in [0.25, 0.3) is 12.2 Å². The Morgan fingerprint density at radius 1 is 1.06 bits per heavy atom. The van der Waals surface area contributed by atoms with Crippen molar-refractivity contribution < 1.29 is 32.3 Å². The highest BCUT2D eigenvalue weighted by Crippen LogP contribution is 2.39. The van der Waals surface area contributed by atoms with Crippen molar-refractivity contribution in [2.45, 2.75) is 13.1 Å². The molecule has 1 aromatic heterocycles. The van der Waals surface area contributed by atoms with E-state index in [9.17, 15) is 33.4 Å². The van der Waals surface area contributed by atoms with E-state index in [1.54, 1.807) is 0 Å². The molecule has 0 atom stereocenters.